The van der Waals surface area contributed by atoms with Gasteiger partial charge in [0.1, 0.15) is 17.6 Å². The zero-order valence-corrected chi connectivity index (χ0v) is 20.5. The van der Waals surface area contributed by atoms with Gasteiger partial charge in [0.15, 0.2) is 0 Å². The normalized spacial score (nSPS) is 12.1. The third-order valence-corrected chi connectivity index (χ3v) is 6.70. The Hall–Kier alpha value is -3.63. The van der Waals surface area contributed by atoms with Crippen LogP contribution in [0.1, 0.15) is 25.5 Å². The highest BCUT2D eigenvalue weighted by Crippen LogP contribution is 2.24. The van der Waals surface area contributed by atoms with Gasteiger partial charge in [-0.3, -0.25) is 14.5 Å². The lowest BCUT2D eigenvalue weighted by Gasteiger charge is -2.31. The van der Waals surface area contributed by atoms with E-state index >= 15 is 0 Å². The Kier molecular flexibility index (Phi) is 9.04. The van der Waals surface area contributed by atoms with Gasteiger partial charge < -0.3 is 14.5 Å². The van der Waals surface area contributed by atoms with Gasteiger partial charge >= 0.3 is 0 Å². The summed E-state index contributed by atoms with van der Waals surface area (Å²) in [6, 6.07) is 17.0. The molecule has 0 aliphatic carbocycles. The first-order valence-electron chi connectivity index (χ1n) is 11.2. The fourth-order valence-electron chi connectivity index (χ4n) is 3.52. The molecule has 0 aliphatic heterocycles. The molecule has 2 aromatic carbocycles. The number of benzene rings is 2. The lowest BCUT2D eigenvalue weighted by molar-refractivity contribution is -0.126. The highest BCUT2D eigenvalue weighted by Gasteiger charge is 2.31. The van der Waals surface area contributed by atoms with E-state index in [1.165, 1.54) is 30.4 Å². The average Bonchev–Trinajstić information content (AvgIpc) is 3.40. The van der Waals surface area contributed by atoms with Crippen LogP contribution in [0.2, 0.25) is 0 Å². The molecule has 10 heteroatoms. The second-order valence-electron chi connectivity index (χ2n) is 7.70. The molecule has 2 amide bonds. The maximum Gasteiger partial charge on any atom is 0.243 e. The molecule has 0 radical (unpaired) electrons. The number of anilines is 1. The van der Waals surface area contributed by atoms with Crippen LogP contribution in [0.15, 0.2) is 82.3 Å². The van der Waals surface area contributed by atoms with Gasteiger partial charge in [0.25, 0.3) is 0 Å². The van der Waals surface area contributed by atoms with E-state index < -0.39 is 28.5 Å². The van der Waals surface area contributed by atoms with Crippen LogP contribution >= 0.6 is 0 Å². The van der Waals surface area contributed by atoms with E-state index in [1.54, 1.807) is 54.6 Å². The average molecular weight is 500 g/mol. The molecule has 1 aromatic heterocycles. The molecule has 0 aliphatic rings. The first-order valence-corrected chi connectivity index (χ1v) is 12.6. The van der Waals surface area contributed by atoms with Gasteiger partial charge in [0, 0.05) is 5.69 Å². The van der Waals surface area contributed by atoms with E-state index in [9.17, 15) is 18.0 Å². The van der Waals surface area contributed by atoms with Crippen LogP contribution < -0.4 is 19.7 Å². The molecule has 0 spiro atoms. The topological polar surface area (TPSA) is 118 Å². The summed E-state index contributed by atoms with van der Waals surface area (Å²) in [7, 11) is -2.38. The third kappa shape index (κ3) is 6.93. The zero-order chi connectivity index (χ0) is 25.3. The standard InChI is InChI=1S/C25H29N3O6S/c1-3-8-23(25(30)26-17-21-9-7-16-34-21)28(19-12-14-20(33-2)15-13-19)24(29)18-27-35(31,32)22-10-5-4-6-11-22/h4-7,9-16,23,27H,3,8,17-18H2,1-2H3,(H,26,30)/t23-/m0/s1. The highest BCUT2D eigenvalue weighted by molar-refractivity contribution is 7.89. The summed E-state index contributed by atoms with van der Waals surface area (Å²) in [5, 5.41) is 2.81. The van der Waals surface area contributed by atoms with E-state index in [1.807, 2.05) is 6.92 Å². The van der Waals surface area contributed by atoms with Crippen LogP contribution in [-0.2, 0) is 26.2 Å². The van der Waals surface area contributed by atoms with Crippen molar-refractivity contribution < 1.29 is 27.2 Å². The predicted molar refractivity (Wildman–Crippen MR) is 131 cm³/mol. The summed E-state index contributed by atoms with van der Waals surface area (Å²) in [5.41, 5.74) is 0.446. The molecule has 1 heterocycles. The lowest BCUT2D eigenvalue weighted by Crippen LogP contribution is -2.52. The maximum atomic E-state index is 13.4. The van der Waals surface area contributed by atoms with Crippen LogP contribution in [0.25, 0.3) is 0 Å². The first-order chi connectivity index (χ1) is 16.9. The number of hydrogen-bond acceptors (Lipinski definition) is 6. The Morgan fingerprint density at radius 2 is 1.74 bits per heavy atom. The minimum atomic E-state index is -3.91. The summed E-state index contributed by atoms with van der Waals surface area (Å²) < 4.78 is 38.1. The van der Waals surface area contributed by atoms with E-state index in [0.717, 1.165) is 0 Å². The number of carbonyl (C=O) groups is 2. The summed E-state index contributed by atoms with van der Waals surface area (Å²) >= 11 is 0. The molecule has 2 N–H and O–H groups in total. The Balaban J connectivity index is 1.85. The van der Waals surface area contributed by atoms with Crippen LogP contribution in [0.3, 0.4) is 0 Å². The molecular formula is C25H29N3O6S. The molecule has 35 heavy (non-hydrogen) atoms. The Bertz CT molecular complexity index is 1200. The third-order valence-electron chi connectivity index (χ3n) is 5.28. The minimum Gasteiger partial charge on any atom is -0.497 e. The Labute approximate surface area is 205 Å². The van der Waals surface area contributed by atoms with Gasteiger partial charge in [0.2, 0.25) is 21.8 Å². The largest absolute Gasteiger partial charge is 0.497 e. The Morgan fingerprint density at radius 1 is 1.03 bits per heavy atom. The number of nitrogens with one attached hydrogen (secondary N) is 2. The van der Waals surface area contributed by atoms with Crippen molar-refractivity contribution in [2.75, 3.05) is 18.6 Å². The summed E-state index contributed by atoms with van der Waals surface area (Å²) in [5.74, 6) is 0.214. The number of sulfonamides is 1. The minimum absolute atomic E-state index is 0.0464. The van der Waals surface area contributed by atoms with Crippen molar-refractivity contribution in [1.82, 2.24) is 10.0 Å². The second-order valence-corrected chi connectivity index (χ2v) is 9.47. The van der Waals surface area contributed by atoms with Crippen LogP contribution in [-0.4, -0.2) is 39.9 Å². The number of amides is 2. The molecule has 1 atom stereocenters. The first kappa shape index (κ1) is 26.0. The van der Waals surface area contributed by atoms with Crippen molar-refractivity contribution in [3.63, 3.8) is 0 Å². The summed E-state index contributed by atoms with van der Waals surface area (Å²) in [6.45, 7) is 1.55. The van der Waals surface area contributed by atoms with Gasteiger partial charge in [-0.15, -0.1) is 0 Å². The smallest absolute Gasteiger partial charge is 0.243 e. The predicted octanol–water partition coefficient (Wildman–Crippen LogP) is 3.08. The van der Waals surface area contributed by atoms with E-state index in [-0.39, 0.29) is 17.3 Å². The van der Waals surface area contributed by atoms with Gasteiger partial charge in [-0.05, 0) is 55.0 Å². The molecule has 3 rings (SSSR count). The van der Waals surface area contributed by atoms with Crippen molar-refractivity contribution in [1.29, 1.82) is 0 Å². The number of ether oxygens (including phenoxy) is 1. The van der Waals surface area contributed by atoms with Crippen molar-refractivity contribution >= 4 is 27.5 Å². The number of rotatable bonds is 12. The van der Waals surface area contributed by atoms with Gasteiger partial charge in [-0.1, -0.05) is 31.5 Å². The molecule has 186 valence electrons. The van der Waals surface area contributed by atoms with Crippen LogP contribution in [0.5, 0.6) is 5.75 Å². The number of furan rings is 1. The molecule has 0 fully saturated rings. The van der Waals surface area contributed by atoms with Crippen molar-refractivity contribution in [3.8, 4) is 5.75 Å². The fraction of sp³-hybridized carbons (Fsp3) is 0.280. The number of hydrogen-bond donors (Lipinski definition) is 2. The maximum absolute atomic E-state index is 13.4. The summed E-state index contributed by atoms with van der Waals surface area (Å²) in [4.78, 5) is 28.0. The van der Waals surface area contributed by atoms with E-state index in [2.05, 4.69) is 10.0 Å². The number of methoxy groups -OCH3 is 1. The number of nitrogens with zero attached hydrogens (tertiary/aromatic N) is 1. The second kappa shape index (κ2) is 12.2. The van der Waals surface area contributed by atoms with Crippen molar-refractivity contribution in [2.24, 2.45) is 0 Å². The molecule has 3 aromatic rings. The van der Waals surface area contributed by atoms with Crippen molar-refractivity contribution in [2.45, 2.75) is 37.2 Å². The van der Waals surface area contributed by atoms with Crippen LogP contribution in [0.4, 0.5) is 5.69 Å². The molecule has 0 saturated heterocycles. The Morgan fingerprint density at radius 3 is 2.34 bits per heavy atom. The lowest BCUT2D eigenvalue weighted by atomic mass is 10.1. The molecule has 0 saturated carbocycles. The molecule has 0 bridgehead atoms. The highest BCUT2D eigenvalue weighted by atomic mass is 32.2. The van der Waals surface area contributed by atoms with E-state index in [4.69, 9.17) is 9.15 Å². The van der Waals surface area contributed by atoms with E-state index in [0.29, 0.717) is 30.0 Å². The van der Waals surface area contributed by atoms with Crippen molar-refractivity contribution in [3.05, 3.63) is 78.8 Å². The zero-order valence-electron chi connectivity index (χ0n) is 19.6. The molecule has 0 unspecified atom stereocenters. The van der Waals surface area contributed by atoms with Gasteiger partial charge in [-0.2, -0.15) is 0 Å². The SMILES string of the molecule is CCC[C@@H](C(=O)NCc1ccco1)N(C(=O)CNS(=O)(=O)c1ccccc1)c1ccc(OC)cc1. The molecular weight excluding hydrogens is 470 g/mol. The van der Waals surface area contributed by atoms with Gasteiger partial charge in [-0.25, -0.2) is 13.1 Å². The van der Waals surface area contributed by atoms with Gasteiger partial charge in [0.05, 0.1) is 31.4 Å². The monoisotopic (exact) mass is 499 g/mol. The number of carbonyl (C=O) groups excluding carboxylic acids is 2. The summed E-state index contributed by atoms with van der Waals surface area (Å²) in [6.07, 6.45) is 2.50. The fourth-order valence-corrected chi connectivity index (χ4v) is 4.52. The van der Waals surface area contributed by atoms with Crippen LogP contribution in [0, 0.1) is 0 Å². The quantitative estimate of drug-likeness (QED) is 0.395. The molecule has 9 nitrogen and oxygen atoms in total.